The molecule has 0 saturated heterocycles. The molecule has 0 spiro atoms. The maximum atomic E-state index is 4.24. The molecule has 3 rings (SSSR count). The Labute approximate surface area is 108 Å². The molecule has 0 saturated carbocycles. The van der Waals surface area contributed by atoms with Crippen LogP contribution in [0.4, 0.5) is 0 Å². The van der Waals surface area contributed by atoms with Crippen LogP contribution in [-0.4, -0.2) is 22.9 Å². The highest BCUT2D eigenvalue weighted by atomic mass is 15.2. The minimum atomic E-state index is 0.600. The van der Waals surface area contributed by atoms with Gasteiger partial charge in [-0.05, 0) is 42.1 Å². The van der Waals surface area contributed by atoms with Gasteiger partial charge in [0.05, 0.1) is 5.69 Å². The van der Waals surface area contributed by atoms with Crippen LogP contribution in [0.5, 0.6) is 0 Å². The van der Waals surface area contributed by atoms with E-state index in [9.17, 15) is 0 Å². The molecule has 2 aromatic rings. The number of aromatic nitrogens is 2. The molecule has 0 aliphatic carbocycles. The number of fused-ring (bicyclic) bond motifs is 1. The summed E-state index contributed by atoms with van der Waals surface area (Å²) in [6.07, 6.45) is 2.97. The van der Waals surface area contributed by atoms with Crippen molar-refractivity contribution in [3.63, 3.8) is 0 Å². The van der Waals surface area contributed by atoms with Gasteiger partial charge >= 0.3 is 0 Å². The van der Waals surface area contributed by atoms with Crippen LogP contribution in [0.3, 0.4) is 0 Å². The monoisotopic (exact) mass is 241 g/mol. The zero-order chi connectivity index (χ0) is 12.5. The third-order valence-corrected chi connectivity index (χ3v) is 3.81. The SMILES string of the molecule is C[C@@H]1CNCCc2cc(-c3ccnn3C)ccc21. The van der Waals surface area contributed by atoms with Crippen molar-refractivity contribution in [2.24, 2.45) is 7.05 Å². The Kier molecular flexibility index (Phi) is 2.92. The van der Waals surface area contributed by atoms with E-state index in [1.54, 1.807) is 0 Å². The zero-order valence-electron chi connectivity index (χ0n) is 11.0. The van der Waals surface area contributed by atoms with Gasteiger partial charge in [0, 0.05) is 25.4 Å². The molecule has 0 amide bonds. The smallest absolute Gasteiger partial charge is 0.0678 e. The topological polar surface area (TPSA) is 29.9 Å². The van der Waals surface area contributed by atoms with E-state index in [-0.39, 0.29) is 0 Å². The summed E-state index contributed by atoms with van der Waals surface area (Å²) < 4.78 is 1.93. The summed E-state index contributed by atoms with van der Waals surface area (Å²) in [7, 11) is 1.99. The molecule has 1 aliphatic rings. The van der Waals surface area contributed by atoms with Crippen molar-refractivity contribution in [1.82, 2.24) is 15.1 Å². The van der Waals surface area contributed by atoms with E-state index in [0.717, 1.165) is 19.5 Å². The molecule has 1 aromatic heterocycles. The van der Waals surface area contributed by atoms with Gasteiger partial charge in [0.1, 0.15) is 0 Å². The average Bonchev–Trinajstić information content (AvgIpc) is 2.71. The molecule has 0 bridgehead atoms. The first-order valence-corrected chi connectivity index (χ1v) is 6.57. The fourth-order valence-electron chi connectivity index (χ4n) is 2.77. The Morgan fingerprint density at radius 3 is 3.00 bits per heavy atom. The molecule has 1 atom stereocenters. The van der Waals surface area contributed by atoms with Gasteiger partial charge in [-0.2, -0.15) is 5.10 Å². The number of hydrogen-bond acceptors (Lipinski definition) is 2. The lowest BCUT2D eigenvalue weighted by atomic mass is 9.93. The van der Waals surface area contributed by atoms with Crippen molar-refractivity contribution in [2.75, 3.05) is 13.1 Å². The van der Waals surface area contributed by atoms with Crippen LogP contribution in [0.1, 0.15) is 24.0 Å². The predicted molar refractivity (Wildman–Crippen MR) is 73.6 cm³/mol. The molecular formula is C15H19N3. The summed E-state index contributed by atoms with van der Waals surface area (Å²) in [6, 6.07) is 8.91. The standard InChI is InChI=1S/C15H19N3/c1-11-10-16-7-5-12-9-13(3-4-14(11)12)15-6-8-17-18(15)2/h3-4,6,8-9,11,16H,5,7,10H2,1-2H3/t11-/m1/s1. The second-order valence-electron chi connectivity index (χ2n) is 5.11. The molecule has 1 aliphatic heterocycles. The lowest BCUT2D eigenvalue weighted by molar-refractivity contribution is 0.644. The van der Waals surface area contributed by atoms with E-state index in [1.807, 2.05) is 17.9 Å². The Hall–Kier alpha value is -1.61. The highest BCUT2D eigenvalue weighted by Crippen LogP contribution is 2.27. The molecule has 94 valence electrons. The molecule has 2 heterocycles. The van der Waals surface area contributed by atoms with Gasteiger partial charge < -0.3 is 5.32 Å². The Bertz CT molecular complexity index is 557. The van der Waals surface area contributed by atoms with Crippen LogP contribution in [-0.2, 0) is 13.5 Å². The van der Waals surface area contributed by atoms with E-state index < -0.39 is 0 Å². The number of nitrogens with one attached hydrogen (secondary N) is 1. The molecule has 0 fully saturated rings. The number of aryl methyl sites for hydroxylation is 1. The van der Waals surface area contributed by atoms with Crippen molar-refractivity contribution >= 4 is 0 Å². The van der Waals surface area contributed by atoms with Gasteiger partial charge in [-0.15, -0.1) is 0 Å². The Morgan fingerprint density at radius 2 is 2.22 bits per heavy atom. The van der Waals surface area contributed by atoms with Crippen molar-refractivity contribution in [3.8, 4) is 11.3 Å². The van der Waals surface area contributed by atoms with Crippen molar-refractivity contribution in [2.45, 2.75) is 19.3 Å². The Morgan fingerprint density at radius 1 is 1.33 bits per heavy atom. The highest BCUT2D eigenvalue weighted by molar-refractivity contribution is 5.61. The van der Waals surface area contributed by atoms with Gasteiger partial charge in [0.15, 0.2) is 0 Å². The van der Waals surface area contributed by atoms with Gasteiger partial charge in [-0.1, -0.05) is 19.1 Å². The summed E-state index contributed by atoms with van der Waals surface area (Å²) in [6.45, 7) is 4.45. The van der Waals surface area contributed by atoms with Crippen LogP contribution in [0.15, 0.2) is 30.5 Å². The molecule has 0 unspecified atom stereocenters. The van der Waals surface area contributed by atoms with Crippen LogP contribution < -0.4 is 5.32 Å². The second kappa shape index (κ2) is 4.58. The summed E-state index contributed by atoms with van der Waals surface area (Å²) >= 11 is 0. The first-order chi connectivity index (χ1) is 8.75. The van der Waals surface area contributed by atoms with E-state index in [0.29, 0.717) is 5.92 Å². The maximum Gasteiger partial charge on any atom is 0.0678 e. The number of nitrogens with zero attached hydrogens (tertiary/aromatic N) is 2. The first-order valence-electron chi connectivity index (χ1n) is 6.57. The Balaban J connectivity index is 2.05. The largest absolute Gasteiger partial charge is 0.316 e. The highest BCUT2D eigenvalue weighted by Gasteiger charge is 2.15. The summed E-state index contributed by atoms with van der Waals surface area (Å²) in [4.78, 5) is 0. The van der Waals surface area contributed by atoms with Crippen molar-refractivity contribution < 1.29 is 0 Å². The van der Waals surface area contributed by atoms with Crippen LogP contribution in [0.2, 0.25) is 0 Å². The third kappa shape index (κ3) is 1.95. The number of hydrogen-bond donors (Lipinski definition) is 1. The fourth-order valence-corrected chi connectivity index (χ4v) is 2.77. The van der Waals surface area contributed by atoms with E-state index in [1.165, 1.54) is 22.4 Å². The van der Waals surface area contributed by atoms with Gasteiger partial charge in [0.25, 0.3) is 0 Å². The fraction of sp³-hybridized carbons (Fsp3) is 0.400. The third-order valence-electron chi connectivity index (χ3n) is 3.81. The van der Waals surface area contributed by atoms with Gasteiger partial charge in [-0.3, -0.25) is 4.68 Å². The van der Waals surface area contributed by atoms with Gasteiger partial charge in [0.2, 0.25) is 0 Å². The number of benzene rings is 1. The molecule has 0 radical (unpaired) electrons. The summed E-state index contributed by atoms with van der Waals surface area (Å²) in [5.41, 5.74) is 5.42. The molecule has 1 aromatic carbocycles. The summed E-state index contributed by atoms with van der Waals surface area (Å²) in [5, 5.41) is 7.73. The second-order valence-corrected chi connectivity index (χ2v) is 5.11. The minimum absolute atomic E-state index is 0.600. The van der Waals surface area contributed by atoms with Gasteiger partial charge in [-0.25, -0.2) is 0 Å². The first kappa shape index (κ1) is 11.5. The minimum Gasteiger partial charge on any atom is -0.316 e. The average molecular weight is 241 g/mol. The van der Waals surface area contributed by atoms with Crippen molar-refractivity contribution in [1.29, 1.82) is 0 Å². The van der Waals surface area contributed by atoms with Crippen molar-refractivity contribution in [3.05, 3.63) is 41.6 Å². The van der Waals surface area contributed by atoms with E-state index >= 15 is 0 Å². The van der Waals surface area contributed by atoms with E-state index in [4.69, 9.17) is 0 Å². The van der Waals surface area contributed by atoms with E-state index in [2.05, 4.69) is 41.6 Å². The zero-order valence-corrected chi connectivity index (χ0v) is 11.0. The molecule has 3 nitrogen and oxygen atoms in total. The van der Waals surface area contributed by atoms with Crippen LogP contribution in [0, 0.1) is 0 Å². The number of rotatable bonds is 1. The molecular weight excluding hydrogens is 222 g/mol. The predicted octanol–water partition coefficient (Wildman–Crippen LogP) is 2.34. The molecule has 18 heavy (non-hydrogen) atoms. The lowest BCUT2D eigenvalue weighted by Crippen LogP contribution is -2.18. The van der Waals surface area contributed by atoms with Crippen LogP contribution in [0.25, 0.3) is 11.3 Å². The molecule has 3 heteroatoms. The quantitative estimate of drug-likeness (QED) is 0.830. The normalized spacial score (nSPS) is 19.3. The summed E-state index contributed by atoms with van der Waals surface area (Å²) in [5.74, 6) is 0.600. The van der Waals surface area contributed by atoms with Crippen LogP contribution >= 0.6 is 0 Å². The molecule has 1 N–H and O–H groups in total. The lowest BCUT2D eigenvalue weighted by Gasteiger charge is -2.13. The maximum absolute atomic E-state index is 4.24.